The molecule has 0 spiro atoms. The van der Waals surface area contributed by atoms with Crippen molar-refractivity contribution in [2.24, 2.45) is 5.73 Å². The molecular weight excluding hydrogens is 332 g/mol. The Morgan fingerprint density at radius 2 is 2.08 bits per heavy atom. The average Bonchev–Trinajstić information content (AvgIpc) is 3.00. The van der Waals surface area contributed by atoms with Gasteiger partial charge in [0.25, 0.3) is 0 Å². The van der Waals surface area contributed by atoms with Gasteiger partial charge < -0.3 is 15.6 Å². The molecule has 0 radical (unpaired) electrons. The van der Waals surface area contributed by atoms with E-state index in [4.69, 9.17) is 5.73 Å². The minimum atomic E-state index is -3.10. The van der Waals surface area contributed by atoms with E-state index in [1.54, 1.807) is 29.1 Å². The Bertz CT molecular complexity index is 844. The zero-order valence-corrected chi connectivity index (χ0v) is 13.9. The predicted octanol–water partition coefficient (Wildman–Crippen LogP) is 0.734. The van der Waals surface area contributed by atoms with Crippen molar-refractivity contribution < 1.29 is 18.0 Å². The zero-order valence-electron chi connectivity index (χ0n) is 13.1. The van der Waals surface area contributed by atoms with Crippen molar-refractivity contribution in [1.29, 1.82) is 0 Å². The molecule has 0 bridgehead atoms. The number of sulfone groups is 1. The van der Waals surface area contributed by atoms with E-state index in [0.717, 1.165) is 6.26 Å². The summed E-state index contributed by atoms with van der Waals surface area (Å²) in [5.41, 5.74) is 6.60. The highest BCUT2D eigenvalue weighted by Gasteiger charge is 2.12. The molecule has 0 unspecified atom stereocenters. The number of amides is 2. The molecule has 0 aliphatic rings. The van der Waals surface area contributed by atoms with E-state index in [9.17, 15) is 18.0 Å². The van der Waals surface area contributed by atoms with Crippen LogP contribution in [0.2, 0.25) is 0 Å². The van der Waals surface area contributed by atoms with Gasteiger partial charge in [-0.05, 0) is 24.6 Å². The number of benzene rings is 1. The van der Waals surface area contributed by atoms with E-state index in [1.165, 1.54) is 12.4 Å². The summed E-state index contributed by atoms with van der Waals surface area (Å²) in [7, 11) is -3.10. The average molecular weight is 350 g/mol. The molecule has 8 nitrogen and oxygen atoms in total. The molecule has 0 fully saturated rings. The lowest BCUT2D eigenvalue weighted by Gasteiger charge is -2.13. The fourth-order valence-corrected chi connectivity index (χ4v) is 2.78. The van der Waals surface area contributed by atoms with Gasteiger partial charge >= 0.3 is 0 Å². The standard InChI is InChI=1S/C15H18N4O4S/c1-24(22,23)8-2-3-14(20)18-12-5-4-11(15(16)21)9-13(12)19-7-6-17-10-19/h4-7,9-10H,2-3,8H2,1H3,(H2,16,21)(H,18,20). The van der Waals surface area contributed by atoms with Gasteiger partial charge in [0.2, 0.25) is 11.8 Å². The minimum Gasteiger partial charge on any atom is -0.366 e. The van der Waals surface area contributed by atoms with Gasteiger partial charge in [-0.2, -0.15) is 0 Å². The third-order valence-corrected chi connectivity index (χ3v) is 4.29. The number of anilines is 1. The van der Waals surface area contributed by atoms with E-state index < -0.39 is 15.7 Å². The van der Waals surface area contributed by atoms with Crippen LogP contribution in [0.25, 0.3) is 5.69 Å². The van der Waals surface area contributed by atoms with Crippen molar-refractivity contribution in [1.82, 2.24) is 9.55 Å². The number of imidazole rings is 1. The first-order valence-electron chi connectivity index (χ1n) is 7.16. The Labute approximate surface area is 139 Å². The Morgan fingerprint density at radius 3 is 2.67 bits per heavy atom. The van der Waals surface area contributed by atoms with Gasteiger partial charge in [-0.25, -0.2) is 13.4 Å². The zero-order chi connectivity index (χ0) is 17.7. The summed E-state index contributed by atoms with van der Waals surface area (Å²) in [6.07, 6.45) is 6.20. The second-order valence-electron chi connectivity index (χ2n) is 5.35. The van der Waals surface area contributed by atoms with Gasteiger partial charge in [-0.15, -0.1) is 0 Å². The van der Waals surface area contributed by atoms with Crippen molar-refractivity contribution in [2.45, 2.75) is 12.8 Å². The van der Waals surface area contributed by atoms with Crippen LogP contribution in [0.3, 0.4) is 0 Å². The number of hydrogen-bond donors (Lipinski definition) is 2. The first-order chi connectivity index (χ1) is 11.3. The molecule has 1 heterocycles. The number of primary amides is 1. The van der Waals surface area contributed by atoms with Crippen LogP contribution in [0.5, 0.6) is 0 Å². The Balaban J connectivity index is 2.17. The van der Waals surface area contributed by atoms with Crippen molar-refractivity contribution >= 4 is 27.3 Å². The highest BCUT2D eigenvalue weighted by molar-refractivity contribution is 7.90. The number of carbonyl (C=O) groups is 2. The molecule has 0 atom stereocenters. The molecule has 3 N–H and O–H groups in total. The van der Waals surface area contributed by atoms with Crippen LogP contribution in [0.15, 0.2) is 36.9 Å². The first kappa shape index (κ1) is 17.7. The molecule has 9 heteroatoms. The molecule has 1 aromatic carbocycles. The van der Waals surface area contributed by atoms with Crippen molar-refractivity contribution in [3.8, 4) is 5.69 Å². The summed E-state index contributed by atoms with van der Waals surface area (Å²) in [5, 5.41) is 2.72. The summed E-state index contributed by atoms with van der Waals surface area (Å²) >= 11 is 0. The Kier molecular flexibility index (Phi) is 5.35. The molecule has 1 aromatic heterocycles. The van der Waals surface area contributed by atoms with E-state index in [2.05, 4.69) is 10.3 Å². The van der Waals surface area contributed by atoms with Gasteiger partial charge in [-0.1, -0.05) is 0 Å². The maximum atomic E-state index is 12.0. The largest absolute Gasteiger partial charge is 0.366 e. The Hall–Kier alpha value is -2.68. The van der Waals surface area contributed by atoms with Crippen LogP contribution < -0.4 is 11.1 Å². The quantitative estimate of drug-likeness (QED) is 0.762. The smallest absolute Gasteiger partial charge is 0.248 e. The highest BCUT2D eigenvalue weighted by Crippen LogP contribution is 2.22. The van der Waals surface area contributed by atoms with Crippen LogP contribution in [0.4, 0.5) is 5.69 Å². The number of nitrogens with two attached hydrogens (primary N) is 1. The third kappa shape index (κ3) is 4.92. The molecule has 0 saturated heterocycles. The second kappa shape index (κ2) is 7.26. The summed E-state index contributed by atoms with van der Waals surface area (Å²) in [5.74, 6) is -0.940. The lowest BCUT2D eigenvalue weighted by atomic mass is 10.1. The monoisotopic (exact) mass is 350 g/mol. The van der Waals surface area contributed by atoms with Crippen LogP contribution in [-0.2, 0) is 14.6 Å². The van der Waals surface area contributed by atoms with Crippen molar-refractivity contribution in [2.75, 3.05) is 17.3 Å². The van der Waals surface area contributed by atoms with Gasteiger partial charge in [0, 0.05) is 30.6 Å². The fraction of sp³-hybridized carbons (Fsp3) is 0.267. The number of nitrogens with one attached hydrogen (secondary N) is 1. The highest BCUT2D eigenvalue weighted by atomic mass is 32.2. The lowest BCUT2D eigenvalue weighted by Crippen LogP contribution is -2.16. The van der Waals surface area contributed by atoms with E-state index in [1.807, 2.05) is 0 Å². The van der Waals surface area contributed by atoms with Crippen molar-refractivity contribution in [3.63, 3.8) is 0 Å². The fourth-order valence-electron chi connectivity index (χ4n) is 2.11. The maximum absolute atomic E-state index is 12.0. The summed E-state index contributed by atoms with van der Waals surface area (Å²) in [4.78, 5) is 27.3. The Morgan fingerprint density at radius 1 is 1.33 bits per heavy atom. The second-order valence-corrected chi connectivity index (χ2v) is 7.61. The topological polar surface area (TPSA) is 124 Å². The summed E-state index contributed by atoms with van der Waals surface area (Å²) < 4.78 is 23.8. The summed E-state index contributed by atoms with van der Waals surface area (Å²) in [6.45, 7) is 0. The molecule has 0 aliphatic heterocycles. The molecule has 2 amide bonds. The molecule has 24 heavy (non-hydrogen) atoms. The van der Waals surface area contributed by atoms with Gasteiger partial charge in [0.15, 0.2) is 0 Å². The van der Waals surface area contributed by atoms with Crippen LogP contribution in [0.1, 0.15) is 23.2 Å². The van der Waals surface area contributed by atoms with Gasteiger partial charge in [0.1, 0.15) is 9.84 Å². The molecule has 128 valence electrons. The molecule has 2 rings (SSSR count). The molecular formula is C15H18N4O4S. The minimum absolute atomic E-state index is 0.0462. The third-order valence-electron chi connectivity index (χ3n) is 3.26. The predicted molar refractivity (Wildman–Crippen MR) is 89.7 cm³/mol. The normalized spacial score (nSPS) is 11.2. The number of hydrogen-bond acceptors (Lipinski definition) is 5. The van der Waals surface area contributed by atoms with Crippen LogP contribution >= 0.6 is 0 Å². The number of nitrogens with zero attached hydrogens (tertiary/aromatic N) is 2. The van der Waals surface area contributed by atoms with Crippen LogP contribution in [-0.4, -0.2) is 41.8 Å². The number of aromatic nitrogens is 2. The van der Waals surface area contributed by atoms with Gasteiger partial charge in [0.05, 0.1) is 23.5 Å². The SMILES string of the molecule is CS(=O)(=O)CCCC(=O)Nc1ccc(C(N)=O)cc1-n1ccnc1. The van der Waals surface area contributed by atoms with E-state index in [0.29, 0.717) is 16.9 Å². The molecule has 0 saturated carbocycles. The van der Waals surface area contributed by atoms with Crippen LogP contribution in [0, 0.1) is 0 Å². The number of carbonyl (C=O) groups excluding carboxylic acids is 2. The molecule has 2 aromatic rings. The summed E-state index contributed by atoms with van der Waals surface area (Å²) in [6, 6.07) is 4.63. The van der Waals surface area contributed by atoms with Gasteiger partial charge in [-0.3, -0.25) is 9.59 Å². The lowest BCUT2D eigenvalue weighted by molar-refractivity contribution is -0.116. The first-order valence-corrected chi connectivity index (χ1v) is 9.22. The number of rotatable bonds is 7. The van der Waals surface area contributed by atoms with Crippen molar-refractivity contribution in [3.05, 3.63) is 42.5 Å². The van der Waals surface area contributed by atoms with E-state index in [-0.39, 0.29) is 24.5 Å². The maximum Gasteiger partial charge on any atom is 0.248 e. The molecule has 0 aliphatic carbocycles. The van der Waals surface area contributed by atoms with E-state index >= 15 is 0 Å².